The fraction of sp³-hybridized carbons (Fsp3) is 0.385. The molecule has 8 heteroatoms. The van der Waals surface area contributed by atoms with Gasteiger partial charge in [0, 0.05) is 11.0 Å². The van der Waals surface area contributed by atoms with Crippen molar-refractivity contribution < 1.29 is 14.7 Å². The van der Waals surface area contributed by atoms with Crippen LogP contribution in [0.25, 0.3) is 0 Å². The minimum absolute atomic E-state index is 0.0933. The lowest BCUT2D eigenvalue weighted by molar-refractivity contribution is -0.153. The summed E-state index contributed by atoms with van der Waals surface area (Å²) in [5, 5.41) is 14.8. The zero-order valence-electron chi connectivity index (χ0n) is 10.9. The van der Waals surface area contributed by atoms with Gasteiger partial charge in [-0.1, -0.05) is 29.6 Å². The molecule has 1 aliphatic carbocycles. The van der Waals surface area contributed by atoms with Crippen LogP contribution >= 0.6 is 39.1 Å². The molecule has 1 fully saturated rings. The number of rotatable bonds is 4. The Morgan fingerprint density at radius 1 is 1.29 bits per heavy atom. The lowest BCUT2D eigenvalue weighted by Gasteiger charge is -2.37. The minimum Gasteiger partial charge on any atom is -0.481 e. The van der Waals surface area contributed by atoms with Crippen LogP contribution < -0.4 is 10.6 Å². The summed E-state index contributed by atoms with van der Waals surface area (Å²) in [6, 6.07) is 2.76. The van der Waals surface area contributed by atoms with Gasteiger partial charge < -0.3 is 15.7 Å². The molecule has 0 radical (unpaired) electrons. The number of benzene rings is 1. The predicted molar refractivity (Wildman–Crippen MR) is 85.1 cm³/mol. The summed E-state index contributed by atoms with van der Waals surface area (Å²) in [5.41, 5.74) is -0.473. The van der Waals surface area contributed by atoms with Crippen molar-refractivity contribution >= 4 is 56.8 Å². The topological polar surface area (TPSA) is 78.4 Å². The Kier molecular flexibility index (Phi) is 5.01. The highest BCUT2D eigenvalue weighted by atomic mass is 79.9. The Morgan fingerprint density at radius 3 is 2.48 bits per heavy atom. The number of amides is 2. The summed E-state index contributed by atoms with van der Waals surface area (Å²) in [6.07, 6.45) is 2.02. The molecule has 3 N–H and O–H groups in total. The van der Waals surface area contributed by atoms with Crippen molar-refractivity contribution in [2.75, 3.05) is 11.9 Å². The maximum atomic E-state index is 11.8. The number of hydrogen-bond donors (Lipinski definition) is 3. The van der Waals surface area contributed by atoms with Gasteiger partial charge in [-0.05, 0) is 40.9 Å². The van der Waals surface area contributed by atoms with E-state index in [1.165, 1.54) is 0 Å². The molecule has 2 amide bonds. The minimum atomic E-state index is -0.876. The fourth-order valence-corrected chi connectivity index (χ4v) is 2.93. The predicted octanol–water partition coefficient (Wildman–Crippen LogP) is 4.13. The van der Waals surface area contributed by atoms with Crippen molar-refractivity contribution in [3.63, 3.8) is 0 Å². The molecule has 0 bridgehead atoms. The molecule has 1 aromatic rings. The van der Waals surface area contributed by atoms with E-state index in [9.17, 15) is 14.7 Å². The van der Waals surface area contributed by atoms with Crippen LogP contribution in [0.2, 0.25) is 10.0 Å². The highest BCUT2D eigenvalue weighted by molar-refractivity contribution is 9.10. The zero-order valence-corrected chi connectivity index (χ0v) is 14.0. The first-order valence-electron chi connectivity index (χ1n) is 6.27. The van der Waals surface area contributed by atoms with Gasteiger partial charge in [-0.15, -0.1) is 0 Å². The van der Waals surface area contributed by atoms with Crippen LogP contribution in [0.4, 0.5) is 10.5 Å². The van der Waals surface area contributed by atoms with Gasteiger partial charge in [0.2, 0.25) is 0 Å². The molecule has 0 spiro atoms. The van der Waals surface area contributed by atoms with Crippen LogP contribution in [-0.4, -0.2) is 23.7 Å². The Hall–Kier alpha value is -0.980. The Bertz CT molecular complexity index is 591. The number of carbonyl (C=O) groups is 2. The third kappa shape index (κ3) is 3.44. The average molecular weight is 396 g/mol. The van der Waals surface area contributed by atoms with Crippen molar-refractivity contribution in [1.29, 1.82) is 0 Å². The SMILES string of the molecule is O=C(NCC1(C(=O)O)CCC1)Nc1ccc(Br)c(Cl)c1Cl. The number of carboxylic acid groups (broad SMARTS) is 1. The van der Waals surface area contributed by atoms with Gasteiger partial charge in [0.25, 0.3) is 0 Å². The molecule has 1 aromatic carbocycles. The molecule has 0 unspecified atom stereocenters. The number of aliphatic carboxylic acids is 1. The molecule has 0 atom stereocenters. The van der Waals surface area contributed by atoms with E-state index in [1.807, 2.05) is 0 Å². The largest absolute Gasteiger partial charge is 0.481 e. The van der Waals surface area contributed by atoms with E-state index < -0.39 is 17.4 Å². The Morgan fingerprint density at radius 2 is 1.95 bits per heavy atom. The van der Waals surface area contributed by atoms with Crippen molar-refractivity contribution in [2.24, 2.45) is 5.41 Å². The highest BCUT2D eigenvalue weighted by Gasteiger charge is 2.44. The molecule has 0 aromatic heterocycles. The number of urea groups is 1. The summed E-state index contributed by atoms with van der Waals surface area (Å²) >= 11 is 15.2. The van der Waals surface area contributed by atoms with E-state index in [2.05, 4.69) is 26.6 Å². The summed E-state index contributed by atoms with van der Waals surface area (Å²) in [4.78, 5) is 23.0. The Labute approximate surface area is 140 Å². The second-order valence-corrected chi connectivity index (χ2v) is 6.58. The quantitative estimate of drug-likeness (QED) is 0.670. The molecule has 0 saturated heterocycles. The first-order chi connectivity index (χ1) is 9.85. The molecule has 0 aliphatic heterocycles. The molecule has 5 nitrogen and oxygen atoms in total. The van der Waals surface area contributed by atoms with Gasteiger partial charge in [-0.25, -0.2) is 4.79 Å². The summed E-state index contributed by atoms with van der Waals surface area (Å²) in [7, 11) is 0. The van der Waals surface area contributed by atoms with Crippen LogP contribution in [0, 0.1) is 5.41 Å². The lowest BCUT2D eigenvalue weighted by atomic mass is 9.69. The molecule has 2 rings (SSSR count). The standard InChI is InChI=1S/C13H13BrCl2N2O3/c14-7-2-3-8(10(16)9(7)15)18-12(21)17-6-13(11(19)20)4-1-5-13/h2-3H,1,4-6H2,(H,19,20)(H2,17,18,21). The van der Waals surface area contributed by atoms with Crippen molar-refractivity contribution in [1.82, 2.24) is 5.32 Å². The molecule has 1 aliphatic rings. The number of nitrogens with one attached hydrogen (secondary N) is 2. The smallest absolute Gasteiger partial charge is 0.319 e. The van der Waals surface area contributed by atoms with Crippen LogP contribution in [0.15, 0.2) is 16.6 Å². The van der Waals surface area contributed by atoms with Crippen LogP contribution in [-0.2, 0) is 4.79 Å². The maximum Gasteiger partial charge on any atom is 0.319 e. The highest BCUT2D eigenvalue weighted by Crippen LogP contribution is 2.40. The third-order valence-electron chi connectivity index (χ3n) is 3.64. The monoisotopic (exact) mass is 394 g/mol. The van der Waals surface area contributed by atoms with E-state index >= 15 is 0 Å². The van der Waals surface area contributed by atoms with E-state index in [1.54, 1.807) is 12.1 Å². The van der Waals surface area contributed by atoms with E-state index in [0.29, 0.717) is 28.0 Å². The van der Waals surface area contributed by atoms with Gasteiger partial charge in [0.15, 0.2) is 0 Å². The summed E-state index contributed by atoms with van der Waals surface area (Å²) in [6.45, 7) is 0.0933. The van der Waals surface area contributed by atoms with Gasteiger partial charge in [0.1, 0.15) is 0 Å². The zero-order chi connectivity index (χ0) is 15.6. The van der Waals surface area contributed by atoms with Gasteiger partial charge in [0.05, 0.1) is 21.1 Å². The van der Waals surface area contributed by atoms with Crippen molar-refractivity contribution in [3.8, 4) is 0 Å². The molecule has 21 heavy (non-hydrogen) atoms. The first-order valence-corrected chi connectivity index (χ1v) is 7.82. The van der Waals surface area contributed by atoms with Crippen molar-refractivity contribution in [3.05, 3.63) is 26.7 Å². The number of anilines is 1. The second kappa shape index (κ2) is 6.42. The van der Waals surface area contributed by atoms with E-state index in [-0.39, 0.29) is 11.6 Å². The average Bonchev–Trinajstić information content (AvgIpc) is 2.38. The van der Waals surface area contributed by atoms with Crippen LogP contribution in [0.1, 0.15) is 19.3 Å². The van der Waals surface area contributed by atoms with E-state index in [0.717, 1.165) is 6.42 Å². The second-order valence-electron chi connectivity index (χ2n) is 4.97. The normalized spacial score (nSPS) is 16.0. The van der Waals surface area contributed by atoms with Gasteiger partial charge in [-0.3, -0.25) is 4.79 Å². The maximum absolute atomic E-state index is 11.8. The third-order valence-corrected chi connectivity index (χ3v) is 5.41. The molecule has 114 valence electrons. The molecule has 0 heterocycles. The Balaban J connectivity index is 1.97. The number of halogens is 3. The lowest BCUT2D eigenvalue weighted by Crippen LogP contribution is -2.48. The summed E-state index contributed by atoms with van der Waals surface area (Å²) in [5.74, 6) is -0.876. The first kappa shape index (κ1) is 16.4. The van der Waals surface area contributed by atoms with Gasteiger partial charge >= 0.3 is 12.0 Å². The molecular formula is C13H13BrCl2N2O3. The van der Waals surface area contributed by atoms with Crippen molar-refractivity contribution in [2.45, 2.75) is 19.3 Å². The number of carbonyl (C=O) groups excluding carboxylic acids is 1. The number of carboxylic acids is 1. The van der Waals surface area contributed by atoms with Crippen LogP contribution in [0.3, 0.4) is 0 Å². The van der Waals surface area contributed by atoms with Crippen LogP contribution in [0.5, 0.6) is 0 Å². The van der Waals surface area contributed by atoms with E-state index in [4.69, 9.17) is 23.2 Å². The number of hydrogen-bond acceptors (Lipinski definition) is 2. The van der Waals surface area contributed by atoms with Gasteiger partial charge in [-0.2, -0.15) is 0 Å². The summed E-state index contributed by atoms with van der Waals surface area (Å²) < 4.78 is 0.624. The fourth-order valence-electron chi connectivity index (χ4n) is 2.11. The molecular weight excluding hydrogens is 383 g/mol. The molecule has 1 saturated carbocycles.